The molecule has 0 aliphatic carbocycles. The van der Waals surface area contributed by atoms with E-state index in [0.717, 1.165) is 103 Å². The topological polar surface area (TPSA) is 114 Å². The smallest absolute Gasteiger partial charge is 0.306 e. The van der Waals surface area contributed by atoms with Crippen LogP contribution < -0.4 is 10.2 Å². The van der Waals surface area contributed by atoms with E-state index in [2.05, 4.69) is 86.8 Å². The van der Waals surface area contributed by atoms with E-state index in [1.165, 1.54) is 167 Å². The molecule has 0 radical (unpaired) electrons. The summed E-state index contributed by atoms with van der Waals surface area (Å²) in [4.78, 5) is 40.1. The number of hydrogen-bond acceptors (Lipinski definition) is 7. The van der Waals surface area contributed by atoms with Gasteiger partial charge >= 0.3 is 5.97 Å². The number of hydrogen-bond donors (Lipinski definition) is 1. The Morgan fingerprint density at radius 1 is 0.443 bits per heavy atom. The first-order chi connectivity index (χ1) is 38.4. The number of esters is 1. The molecule has 1 N–H and O–H groups in total. The number of nitrogens with zero attached hydrogens (tertiary/aromatic N) is 1. The van der Waals surface area contributed by atoms with E-state index >= 15 is 0 Å². The highest BCUT2D eigenvalue weighted by atomic mass is 31.2. The van der Waals surface area contributed by atoms with Crippen molar-refractivity contribution in [3.05, 3.63) is 72.9 Å². The third kappa shape index (κ3) is 59.9. The molecule has 0 saturated heterocycles. The summed E-state index contributed by atoms with van der Waals surface area (Å²) < 4.78 is 30.4. The van der Waals surface area contributed by atoms with Crippen LogP contribution >= 0.6 is 7.82 Å². The third-order valence-electron chi connectivity index (χ3n) is 14.6. The second kappa shape index (κ2) is 58.6. The number of phosphoric acid groups is 1. The maximum atomic E-state index is 13.5. The van der Waals surface area contributed by atoms with Gasteiger partial charge in [-0.15, -0.1) is 0 Å². The van der Waals surface area contributed by atoms with Crippen LogP contribution in [0.3, 0.4) is 0 Å². The van der Waals surface area contributed by atoms with Gasteiger partial charge in [-0.2, -0.15) is 0 Å². The van der Waals surface area contributed by atoms with Crippen molar-refractivity contribution < 1.29 is 37.3 Å². The molecule has 0 saturated carbocycles. The minimum Gasteiger partial charge on any atom is -0.756 e. The Labute approximate surface area is 489 Å². The van der Waals surface area contributed by atoms with Gasteiger partial charge in [0.1, 0.15) is 19.3 Å². The van der Waals surface area contributed by atoms with Crippen LogP contribution in [-0.2, 0) is 27.9 Å². The molecule has 0 aromatic heterocycles. The highest BCUT2D eigenvalue weighted by Crippen LogP contribution is 2.38. The summed E-state index contributed by atoms with van der Waals surface area (Å²) in [6, 6.07) is -0.898. The lowest BCUT2D eigenvalue weighted by molar-refractivity contribution is -0.870. The molecule has 0 fully saturated rings. The summed E-state index contributed by atoms with van der Waals surface area (Å²) in [6.45, 7) is 6.79. The number of carbonyl (C=O) groups is 2. The highest BCUT2D eigenvalue weighted by molar-refractivity contribution is 7.45. The molecule has 9 nitrogen and oxygen atoms in total. The van der Waals surface area contributed by atoms with Crippen LogP contribution in [0.5, 0.6) is 0 Å². The van der Waals surface area contributed by atoms with Crippen molar-refractivity contribution in [2.24, 2.45) is 0 Å². The first-order valence-electron chi connectivity index (χ1n) is 33.2. The maximum Gasteiger partial charge on any atom is 0.306 e. The average Bonchev–Trinajstić information content (AvgIpc) is 3.41. The van der Waals surface area contributed by atoms with E-state index in [9.17, 15) is 19.0 Å². The van der Waals surface area contributed by atoms with Crippen molar-refractivity contribution >= 4 is 19.7 Å². The van der Waals surface area contributed by atoms with Crippen molar-refractivity contribution in [1.82, 2.24) is 5.32 Å². The molecule has 0 spiro atoms. The highest BCUT2D eigenvalue weighted by Gasteiger charge is 2.27. The fourth-order valence-corrected chi connectivity index (χ4v) is 10.2. The number of amides is 1. The normalized spacial score (nSPS) is 14.1. The molecule has 3 unspecified atom stereocenters. The number of unbranched alkanes of at least 4 members (excludes halogenated alkanes) is 34. The molecule has 0 aromatic rings. The van der Waals surface area contributed by atoms with Crippen molar-refractivity contribution in [1.29, 1.82) is 0 Å². The Balaban J connectivity index is 5.13. The molecule has 1 amide bonds. The van der Waals surface area contributed by atoms with E-state index < -0.39 is 26.6 Å². The number of allylic oxidation sites excluding steroid dienone is 11. The van der Waals surface area contributed by atoms with Gasteiger partial charge in [0.2, 0.25) is 5.91 Å². The zero-order chi connectivity index (χ0) is 57.9. The molecule has 0 rings (SSSR count). The van der Waals surface area contributed by atoms with Gasteiger partial charge in [-0.05, 0) is 102 Å². The summed E-state index contributed by atoms with van der Waals surface area (Å²) in [5.74, 6) is -0.551. The summed E-state index contributed by atoms with van der Waals surface area (Å²) in [6.07, 6.45) is 75.8. The van der Waals surface area contributed by atoms with Gasteiger partial charge in [-0.3, -0.25) is 14.2 Å². The Hall–Kier alpha value is -2.55. The van der Waals surface area contributed by atoms with Gasteiger partial charge in [-0.25, -0.2) is 0 Å². The number of carbonyl (C=O) groups excluding carboxylic acids is 2. The van der Waals surface area contributed by atoms with Crippen molar-refractivity contribution in [2.45, 2.75) is 315 Å². The first-order valence-corrected chi connectivity index (χ1v) is 34.7. The molecule has 10 heteroatoms. The van der Waals surface area contributed by atoms with E-state index in [4.69, 9.17) is 13.8 Å². The summed E-state index contributed by atoms with van der Waals surface area (Å²) >= 11 is 0. The average molecular weight is 1130 g/mol. The van der Waals surface area contributed by atoms with Gasteiger partial charge in [0, 0.05) is 12.8 Å². The lowest BCUT2D eigenvalue weighted by Gasteiger charge is -2.30. The number of nitrogens with one attached hydrogen (secondary N) is 1. The predicted octanol–water partition coefficient (Wildman–Crippen LogP) is 20.2. The second-order valence-corrected chi connectivity index (χ2v) is 25.0. The van der Waals surface area contributed by atoms with Crippen LogP contribution in [-0.4, -0.2) is 69.4 Å². The number of quaternary nitrogens is 1. The van der Waals surface area contributed by atoms with E-state index in [1.54, 1.807) is 0 Å². The molecule has 0 aromatic carbocycles. The lowest BCUT2D eigenvalue weighted by Crippen LogP contribution is -2.47. The van der Waals surface area contributed by atoms with Crippen molar-refractivity contribution in [3.63, 3.8) is 0 Å². The van der Waals surface area contributed by atoms with Gasteiger partial charge in [0.15, 0.2) is 0 Å². The number of rotatable bonds is 60. The Morgan fingerprint density at radius 3 is 1.18 bits per heavy atom. The van der Waals surface area contributed by atoms with Crippen LogP contribution in [0.25, 0.3) is 0 Å². The minimum atomic E-state index is -4.71. The van der Waals surface area contributed by atoms with E-state index in [1.807, 2.05) is 33.3 Å². The quantitative estimate of drug-likeness (QED) is 0.0212. The van der Waals surface area contributed by atoms with Crippen LogP contribution in [0.2, 0.25) is 0 Å². The van der Waals surface area contributed by atoms with Crippen molar-refractivity contribution in [2.75, 3.05) is 40.9 Å². The number of ether oxygens (including phenoxy) is 1. The van der Waals surface area contributed by atoms with Crippen LogP contribution in [0, 0.1) is 0 Å². The second-order valence-electron chi connectivity index (χ2n) is 23.6. The summed E-state index contributed by atoms with van der Waals surface area (Å²) in [5, 5.41) is 3.03. The zero-order valence-electron chi connectivity index (χ0n) is 52.6. The van der Waals surface area contributed by atoms with Gasteiger partial charge in [0.25, 0.3) is 7.82 Å². The Kier molecular flexibility index (Phi) is 56.7. The van der Waals surface area contributed by atoms with E-state index in [0.29, 0.717) is 17.4 Å². The molecule has 0 aliphatic heterocycles. The summed E-state index contributed by atoms with van der Waals surface area (Å²) in [5.41, 5.74) is 0. The summed E-state index contributed by atoms with van der Waals surface area (Å²) in [7, 11) is 1.17. The lowest BCUT2D eigenvalue weighted by atomic mass is 10.0. The molecule has 460 valence electrons. The Morgan fingerprint density at radius 2 is 0.772 bits per heavy atom. The third-order valence-corrected chi connectivity index (χ3v) is 15.6. The predicted molar refractivity (Wildman–Crippen MR) is 339 cm³/mol. The molecular weight excluding hydrogens is 1000 g/mol. The first kappa shape index (κ1) is 76.5. The van der Waals surface area contributed by atoms with Crippen molar-refractivity contribution in [3.8, 4) is 0 Å². The fraction of sp³-hybridized carbons (Fsp3) is 0.797. The van der Waals surface area contributed by atoms with Crippen LogP contribution in [0.4, 0.5) is 0 Å². The molecular formula is C69H127N2O7P. The maximum absolute atomic E-state index is 13.5. The van der Waals surface area contributed by atoms with Crippen LogP contribution in [0.1, 0.15) is 303 Å². The van der Waals surface area contributed by atoms with E-state index in [-0.39, 0.29) is 24.9 Å². The molecule has 3 atom stereocenters. The fourth-order valence-electron chi connectivity index (χ4n) is 9.44. The molecule has 0 aliphatic rings. The van der Waals surface area contributed by atoms with Crippen LogP contribution in [0.15, 0.2) is 72.9 Å². The molecule has 79 heavy (non-hydrogen) atoms. The molecule has 0 bridgehead atoms. The largest absolute Gasteiger partial charge is 0.756 e. The number of phosphoric ester groups is 1. The van der Waals surface area contributed by atoms with Gasteiger partial charge in [-0.1, -0.05) is 261 Å². The van der Waals surface area contributed by atoms with Gasteiger partial charge in [0.05, 0.1) is 33.8 Å². The minimum absolute atomic E-state index is 0.0268. The van der Waals surface area contributed by atoms with Gasteiger partial charge < -0.3 is 28.5 Å². The number of likely N-dealkylation sites (N-methyl/N-ethyl adjacent to an activating group) is 1. The monoisotopic (exact) mass is 1130 g/mol. The molecule has 0 heterocycles. The zero-order valence-corrected chi connectivity index (χ0v) is 53.5. The SMILES string of the molecule is CCCCC/C=C\C/C=C\C/C=C\CCCCCCCCC(=O)NC(COP(=O)([O-])OCC[N+](C)(C)C)C(/C=C/CCCCCCCCCCC)OC(=O)CCCCCCCCCCCCCCC/C=C\C/C=C\CCCCC. The Bertz CT molecular complexity index is 1580. The standard InChI is InChI=1S/C69H127N2O7P/c1-7-10-13-16-19-22-25-27-29-31-33-34-35-36-38-40-42-44-47-50-53-56-59-62-69(73)78-67(60-57-54-51-48-45-24-21-18-15-12-9-3)66(65-77-79(74,75)76-64-63-71(4,5)6)70-68(72)61-58-55-52-49-46-43-41-39-37-32-30-28-26-23-20-17-14-11-8-2/h19-20,22-23,27-30,37,39,57,60,66-67H,7-18,21,24-26,31-36,38,40-56,58-59,61-65H2,1-6H3,(H-,70,72,74,75)/b22-19-,23-20-,29-27-,30-28-,39-37-,60-57+.